The highest BCUT2D eigenvalue weighted by molar-refractivity contribution is 5.28. The first kappa shape index (κ1) is 9.31. The molecule has 1 aromatic heterocycles. The van der Waals surface area contributed by atoms with E-state index in [0.29, 0.717) is 6.04 Å². The molecule has 0 aromatic carbocycles. The zero-order valence-electron chi connectivity index (χ0n) is 8.61. The van der Waals surface area contributed by atoms with Crippen molar-refractivity contribution >= 4 is 5.95 Å². The molecule has 0 saturated heterocycles. The van der Waals surface area contributed by atoms with E-state index in [4.69, 9.17) is 0 Å². The summed E-state index contributed by atoms with van der Waals surface area (Å²) in [5.74, 6) is 1.81. The molecule has 1 N–H and O–H groups in total. The average Bonchev–Trinajstić information content (AvgIpc) is 2.93. The Morgan fingerprint density at radius 3 is 3.21 bits per heavy atom. The van der Waals surface area contributed by atoms with Crippen LogP contribution >= 0.6 is 0 Å². The van der Waals surface area contributed by atoms with Crippen LogP contribution in [0, 0.1) is 5.92 Å². The Morgan fingerprint density at radius 2 is 2.57 bits per heavy atom. The highest BCUT2D eigenvalue weighted by Crippen LogP contribution is 2.33. The third-order valence-electron chi connectivity index (χ3n) is 2.73. The second-order valence-electron chi connectivity index (χ2n) is 3.96. The maximum absolute atomic E-state index is 4.29. The van der Waals surface area contributed by atoms with Crippen LogP contribution in [-0.4, -0.2) is 15.6 Å². The fourth-order valence-electron chi connectivity index (χ4n) is 1.65. The molecule has 0 aliphatic heterocycles. The van der Waals surface area contributed by atoms with E-state index in [2.05, 4.69) is 28.4 Å². The lowest BCUT2D eigenvalue weighted by molar-refractivity contribution is 0.674. The topological polar surface area (TPSA) is 29.9 Å². The molecule has 1 fully saturated rings. The predicted octanol–water partition coefficient (Wildman–Crippen LogP) is 2.28. The van der Waals surface area contributed by atoms with E-state index < -0.39 is 0 Å². The van der Waals surface area contributed by atoms with Gasteiger partial charge < -0.3 is 9.88 Å². The SMILES string of the molecule is C=CCn1ccnc1NC(C)C1CC1. The summed E-state index contributed by atoms with van der Waals surface area (Å²) >= 11 is 0. The molecule has 3 heteroatoms. The number of nitrogens with zero attached hydrogens (tertiary/aromatic N) is 2. The monoisotopic (exact) mass is 191 g/mol. The molecule has 1 aliphatic carbocycles. The van der Waals surface area contributed by atoms with E-state index in [1.165, 1.54) is 12.8 Å². The van der Waals surface area contributed by atoms with E-state index in [-0.39, 0.29) is 0 Å². The third kappa shape index (κ3) is 1.97. The highest BCUT2D eigenvalue weighted by atomic mass is 15.2. The van der Waals surface area contributed by atoms with Crippen molar-refractivity contribution in [3.05, 3.63) is 25.0 Å². The van der Waals surface area contributed by atoms with Crippen molar-refractivity contribution in [2.24, 2.45) is 5.92 Å². The number of imidazole rings is 1. The molecule has 0 bridgehead atoms. The fraction of sp³-hybridized carbons (Fsp3) is 0.545. The lowest BCUT2D eigenvalue weighted by Crippen LogP contribution is -2.20. The van der Waals surface area contributed by atoms with Gasteiger partial charge in [-0.2, -0.15) is 0 Å². The molecule has 0 radical (unpaired) electrons. The molecule has 1 aromatic rings. The van der Waals surface area contributed by atoms with Gasteiger partial charge >= 0.3 is 0 Å². The Balaban J connectivity index is 1.99. The van der Waals surface area contributed by atoms with Crippen LogP contribution < -0.4 is 5.32 Å². The molecular weight excluding hydrogens is 174 g/mol. The Morgan fingerprint density at radius 1 is 1.79 bits per heavy atom. The Labute approximate surface area is 84.8 Å². The van der Waals surface area contributed by atoms with Crippen molar-refractivity contribution in [1.29, 1.82) is 0 Å². The van der Waals surface area contributed by atoms with Gasteiger partial charge in [-0.1, -0.05) is 6.08 Å². The molecule has 1 unspecified atom stereocenters. The molecule has 1 heterocycles. The van der Waals surface area contributed by atoms with E-state index in [0.717, 1.165) is 18.4 Å². The summed E-state index contributed by atoms with van der Waals surface area (Å²) in [6.45, 7) is 6.77. The van der Waals surface area contributed by atoms with Crippen LogP contribution in [0.5, 0.6) is 0 Å². The molecule has 14 heavy (non-hydrogen) atoms. The molecule has 1 saturated carbocycles. The number of nitrogens with one attached hydrogen (secondary N) is 1. The molecule has 0 amide bonds. The van der Waals surface area contributed by atoms with Crippen LogP contribution in [0.15, 0.2) is 25.0 Å². The second kappa shape index (κ2) is 3.86. The second-order valence-corrected chi connectivity index (χ2v) is 3.96. The van der Waals surface area contributed by atoms with Crippen molar-refractivity contribution in [3.8, 4) is 0 Å². The van der Waals surface area contributed by atoms with Crippen LogP contribution in [-0.2, 0) is 6.54 Å². The van der Waals surface area contributed by atoms with Crippen LogP contribution in [0.25, 0.3) is 0 Å². The maximum atomic E-state index is 4.29. The van der Waals surface area contributed by atoms with Crippen LogP contribution in [0.4, 0.5) is 5.95 Å². The first-order chi connectivity index (χ1) is 6.81. The molecule has 3 nitrogen and oxygen atoms in total. The van der Waals surface area contributed by atoms with Gasteiger partial charge in [0.15, 0.2) is 0 Å². The van der Waals surface area contributed by atoms with E-state index in [9.17, 15) is 0 Å². The first-order valence-electron chi connectivity index (χ1n) is 5.20. The summed E-state index contributed by atoms with van der Waals surface area (Å²) in [5, 5.41) is 3.44. The van der Waals surface area contributed by atoms with E-state index in [1.807, 2.05) is 18.5 Å². The van der Waals surface area contributed by atoms with Crippen LogP contribution in [0.2, 0.25) is 0 Å². The molecule has 1 aliphatic rings. The first-order valence-corrected chi connectivity index (χ1v) is 5.20. The number of aromatic nitrogens is 2. The lowest BCUT2D eigenvalue weighted by atomic mass is 10.2. The van der Waals surface area contributed by atoms with Gasteiger partial charge in [0.1, 0.15) is 0 Å². The molecule has 2 rings (SSSR count). The summed E-state index contributed by atoms with van der Waals surface area (Å²) in [7, 11) is 0. The van der Waals surface area contributed by atoms with Crippen molar-refractivity contribution in [1.82, 2.24) is 9.55 Å². The molecule has 76 valence electrons. The Kier molecular flexibility index (Phi) is 2.57. The summed E-state index contributed by atoms with van der Waals surface area (Å²) in [6, 6.07) is 0.543. The van der Waals surface area contributed by atoms with Gasteiger partial charge in [0.05, 0.1) is 0 Å². The summed E-state index contributed by atoms with van der Waals surface area (Å²) in [5.41, 5.74) is 0. The summed E-state index contributed by atoms with van der Waals surface area (Å²) in [4.78, 5) is 4.29. The molecular formula is C11H17N3. The van der Waals surface area contributed by atoms with Gasteiger partial charge in [0.25, 0.3) is 0 Å². The van der Waals surface area contributed by atoms with Crippen molar-refractivity contribution in [2.45, 2.75) is 32.4 Å². The minimum absolute atomic E-state index is 0.543. The number of rotatable bonds is 5. The van der Waals surface area contributed by atoms with Gasteiger partial charge in [0, 0.05) is 25.0 Å². The quantitative estimate of drug-likeness (QED) is 0.724. The number of anilines is 1. The largest absolute Gasteiger partial charge is 0.353 e. The number of hydrogen-bond acceptors (Lipinski definition) is 2. The van der Waals surface area contributed by atoms with E-state index in [1.54, 1.807) is 0 Å². The summed E-state index contributed by atoms with van der Waals surface area (Å²) < 4.78 is 2.08. The molecule has 0 spiro atoms. The zero-order valence-corrected chi connectivity index (χ0v) is 8.61. The Bertz CT molecular complexity index is 312. The van der Waals surface area contributed by atoms with Gasteiger partial charge in [-0.15, -0.1) is 6.58 Å². The maximum Gasteiger partial charge on any atom is 0.203 e. The minimum Gasteiger partial charge on any atom is -0.353 e. The summed E-state index contributed by atoms with van der Waals surface area (Å²) in [6.07, 6.45) is 8.40. The number of hydrogen-bond donors (Lipinski definition) is 1. The van der Waals surface area contributed by atoms with Gasteiger partial charge in [-0.25, -0.2) is 4.98 Å². The zero-order chi connectivity index (χ0) is 9.97. The highest BCUT2D eigenvalue weighted by Gasteiger charge is 2.28. The number of allylic oxidation sites excluding steroid dienone is 1. The van der Waals surface area contributed by atoms with E-state index >= 15 is 0 Å². The smallest absolute Gasteiger partial charge is 0.203 e. The van der Waals surface area contributed by atoms with Gasteiger partial charge in [-0.3, -0.25) is 0 Å². The van der Waals surface area contributed by atoms with Crippen molar-refractivity contribution < 1.29 is 0 Å². The molecule has 1 atom stereocenters. The fourth-order valence-corrected chi connectivity index (χ4v) is 1.65. The Hall–Kier alpha value is -1.25. The third-order valence-corrected chi connectivity index (χ3v) is 2.73. The van der Waals surface area contributed by atoms with Crippen LogP contribution in [0.3, 0.4) is 0 Å². The van der Waals surface area contributed by atoms with Gasteiger partial charge in [-0.05, 0) is 25.7 Å². The van der Waals surface area contributed by atoms with Crippen LogP contribution in [0.1, 0.15) is 19.8 Å². The standard InChI is InChI=1S/C11H17N3/c1-3-7-14-8-6-12-11(14)13-9(2)10-4-5-10/h3,6,8-10H,1,4-5,7H2,2H3,(H,12,13). The normalized spacial score (nSPS) is 17.8. The average molecular weight is 191 g/mol. The van der Waals surface area contributed by atoms with Crippen molar-refractivity contribution in [2.75, 3.05) is 5.32 Å². The predicted molar refractivity (Wildman–Crippen MR) is 58.2 cm³/mol. The minimum atomic E-state index is 0.543. The van der Waals surface area contributed by atoms with Crippen molar-refractivity contribution in [3.63, 3.8) is 0 Å². The lowest BCUT2D eigenvalue weighted by Gasteiger charge is -2.14. The van der Waals surface area contributed by atoms with Gasteiger partial charge in [0.2, 0.25) is 5.95 Å².